The Labute approximate surface area is 55.5 Å². The molecule has 0 N–H and O–H groups in total. The first-order valence-electron chi connectivity index (χ1n) is 3.03. The molecule has 0 bridgehead atoms. The highest BCUT2D eigenvalue weighted by molar-refractivity contribution is 5.70. The summed E-state index contributed by atoms with van der Waals surface area (Å²) in [5.74, 6) is -0.181. The summed E-state index contributed by atoms with van der Waals surface area (Å²) in [5, 5.41) is 0. The van der Waals surface area contributed by atoms with Gasteiger partial charge in [-0.05, 0) is 6.42 Å². The molecule has 0 aromatic carbocycles. The molecule has 52 valence electrons. The van der Waals surface area contributed by atoms with Gasteiger partial charge < -0.3 is 4.74 Å². The van der Waals surface area contributed by atoms with Crippen LogP contribution in [0.4, 0.5) is 0 Å². The van der Waals surface area contributed by atoms with Crippen molar-refractivity contribution in [1.29, 1.82) is 0 Å². The maximum Gasteiger partial charge on any atom is 0.309 e. The Kier molecular flexibility index (Phi) is 4.88. The van der Waals surface area contributed by atoms with E-state index >= 15 is 0 Å². The second-order valence-corrected chi connectivity index (χ2v) is 1.66. The predicted molar refractivity (Wildman–Crippen MR) is 36.1 cm³/mol. The van der Waals surface area contributed by atoms with Crippen LogP contribution in [0.2, 0.25) is 0 Å². The van der Waals surface area contributed by atoms with E-state index in [9.17, 15) is 4.79 Å². The van der Waals surface area contributed by atoms with Crippen molar-refractivity contribution in [1.82, 2.24) is 0 Å². The standard InChI is InChI=1S/C7H12O2/c1-3-4-5-6-7(8)9-2/h4-5H,3,6H2,1-2H3. The van der Waals surface area contributed by atoms with Crippen LogP contribution in [-0.2, 0) is 9.53 Å². The lowest BCUT2D eigenvalue weighted by Crippen LogP contribution is -1.96. The highest BCUT2D eigenvalue weighted by Gasteiger charge is 1.91. The molecule has 0 unspecified atom stereocenters. The maximum absolute atomic E-state index is 10.4. The van der Waals surface area contributed by atoms with E-state index in [0.717, 1.165) is 6.42 Å². The highest BCUT2D eigenvalue weighted by atomic mass is 16.5. The first kappa shape index (κ1) is 8.21. The van der Waals surface area contributed by atoms with Crippen LogP contribution >= 0.6 is 0 Å². The molecule has 2 nitrogen and oxygen atoms in total. The summed E-state index contributed by atoms with van der Waals surface area (Å²) in [7, 11) is 1.39. The van der Waals surface area contributed by atoms with E-state index in [1.165, 1.54) is 7.11 Å². The lowest BCUT2D eigenvalue weighted by Gasteiger charge is -1.90. The third kappa shape index (κ3) is 5.07. The van der Waals surface area contributed by atoms with Crippen LogP contribution < -0.4 is 0 Å². The first-order chi connectivity index (χ1) is 4.31. The normalized spacial score (nSPS) is 10.0. The van der Waals surface area contributed by atoms with Crippen LogP contribution in [-0.4, -0.2) is 13.1 Å². The Morgan fingerprint density at radius 3 is 2.67 bits per heavy atom. The van der Waals surface area contributed by atoms with Crippen LogP contribution in [0, 0.1) is 0 Å². The number of hydrogen-bond acceptors (Lipinski definition) is 2. The lowest BCUT2D eigenvalue weighted by atomic mass is 10.3. The van der Waals surface area contributed by atoms with Crippen molar-refractivity contribution in [2.24, 2.45) is 0 Å². The molecule has 0 aliphatic rings. The molecule has 0 aromatic rings. The molecule has 0 radical (unpaired) electrons. The van der Waals surface area contributed by atoms with Gasteiger partial charge in [0.25, 0.3) is 0 Å². The van der Waals surface area contributed by atoms with Crippen LogP contribution in [0.5, 0.6) is 0 Å². The zero-order valence-electron chi connectivity index (χ0n) is 5.89. The third-order valence-corrected chi connectivity index (χ3v) is 0.915. The summed E-state index contributed by atoms with van der Waals surface area (Å²) in [4.78, 5) is 10.4. The maximum atomic E-state index is 10.4. The Morgan fingerprint density at radius 1 is 1.56 bits per heavy atom. The van der Waals surface area contributed by atoms with Gasteiger partial charge >= 0.3 is 5.97 Å². The van der Waals surface area contributed by atoms with Gasteiger partial charge in [0, 0.05) is 0 Å². The molecule has 0 spiro atoms. The third-order valence-electron chi connectivity index (χ3n) is 0.915. The molecule has 0 aromatic heterocycles. The number of carbonyl (C=O) groups excluding carboxylic acids is 1. The van der Waals surface area contributed by atoms with Crippen molar-refractivity contribution in [3.63, 3.8) is 0 Å². The molecule has 0 heterocycles. The van der Waals surface area contributed by atoms with Crippen molar-refractivity contribution < 1.29 is 9.53 Å². The molecular formula is C7H12O2. The Morgan fingerprint density at radius 2 is 2.22 bits per heavy atom. The zero-order chi connectivity index (χ0) is 7.11. The van der Waals surface area contributed by atoms with Gasteiger partial charge in [0.15, 0.2) is 0 Å². The van der Waals surface area contributed by atoms with Crippen molar-refractivity contribution in [2.45, 2.75) is 19.8 Å². The fraction of sp³-hybridized carbons (Fsp3) is 0.571. The van der Waals surface area contributed by atoms with Crippen molar-refractivity contribution >= 4 is 5.97 Å². The summed E-state index contributed by atoms with van der Waals surface area (Å²) in [5.41, 5.74) is 0. The topological polar surface area (TPSA) is 26.3 Å². The second kappa shape index (κ2) is 5.35. The molecule has 0 aliphatic heterocycles. The van der Waals surface area contributed by atoms with Gasteiger partial charge in [0.1, 0.15) is 0 Å². The summed E-state index contributed by atoms with van der Waals surface area (Å²) in [6.45, 7) is 2.02. The van der Waals surface area contributed by atoms with E-state index in [0.29, 0.717) is 6.42 Å². The molecule has 0 saturated carbocycles. The van der Waals surface area contributed by atoms with Gasteiger partial charge in [-0.3, -0.25) is 4.79 Å². The van der Waals surface area contributed by atoms with E-state index in [1.807, 2.05) is 19.1 Å². The molecule has 0 amide bonds. The summed E-state index contributed by atoms with van der Waals surface area (Å²) >= 11 is 0. The van der Waals surface area contributed by atoms with Gasteiger partial charge in [-0.1, -0.05) is 19.1 Å². The van der Waals surface area contributed by atoms with Crippen LogP contribution in [0.15, 0.2) is 12.2 Å². The SMILES string of the molecule is CCC=CCC(=O)OC. The van der Waals surface area contributed by atoms with E-state index in [2.05, 4.69) is 4.74 Å². The average molecular weight is 128 g/mol. The largest absolute Gasteiger partial charge is 0.469 e. The van der Waals surface area contributed by atoms with E-state index in [-0.39, 0.29) is 5.97 Å². The molecule has 0 atom stereocenters. The number of hydrogen-bond donors (Lipinski definition) is 0. The van der Waals surface area contributed by atoms with E-state index < -0.39 is 0 Å². The molecule has 0 aliphatic carbocycles. The molecule has 2 heteroatoms. The lowest BCUT2D eigenvalue weighted by molar-refractivity contribution is -0.139. The van der Waals surface area contributed by atoms with Gasteiger partial charge in [-0.15, -0.1) is 0 Å². The van der Waals surface area contributed by atoms with Crippen LogP contribution in [0.3, 0.4) is 0 Å². The molecule has 0 fully saturated rings. The predicted octanol–water partition coefficient (Wildman–Crippen LogP) is 1.52. The summed E-state index contributed by atoms with van der Waals surface area (Å²) in [6, 6.07) is 0. The fourth-order valence-corrected chi connectivity index (χ4v) is 0.430. The minimum absolute atomic E-state index is 0.181. The molecule has 9 heavy (non-hydrogen) atoms. The monoisotopic (exact) mass is 128 g/mol. The summed E-state index contributed by atoms with van der Waals surface area (Å²) in [6.07, 6.45) is 5.12. The van der Waals surface area contributed by atoms with Gasteiger partial charge in [0.05, 0.1) is 13.5 Å². The fourth-order valence-electron chi connectivity index (χ4n) is 0.430. The average Bonchev–Trinajstić information content (AvgIpc) is 1.89. The number of carbonyl (C=O) groups is 1. The minimum atomic E-state index is -0.181. The van der Waals surface area contributed by atoms with E-state index in [1.54, 1.807) is 0 Å². The number of methoxy groups -OCH3 is 1. The highest BCUT2D eigenvalue weighted by Crippen LogP contribution is 1.87. The van der Waals surface area contributed by atoms with Crippen LogP contribution in [0.25, 0.3) is 0 Å². The van der Waals surface area contributed by atoms with Gasteiger partial charge in [-0.25, -0.2) is 0 Å². The molecule has 0 saturated heterocycles. The van der Waals surface area contributed by atoms with Crippen molar-refractivity contribution in [3.05, 3.63) is 12.2 Å². The Bertz CT molecular complexity index is 105. The Balaban J connectivity index is 3.26. The number of esters is 1. The second-order valence-electron chi connectivity index (χ2n) is 1.66. The zero-order valence-corrected chi connectivity index (χ0v) is 5.89. The minimum Gasteiger partial charge on any atom is -0.469 e. The number of rotatable bonds is 3. The van der Waals surface area contributed by atoms with Crippen molar-refractivity contribution in [2.75, 3.05) is 7.11 Å². The first-order valence-corrected chi connectivity index (χ1v) is 3.03. The number of ether oxygens (including phenoxy) is 1. The smallest absolute Gasteiger partial charge is 0.309 e. The summed E-state index contributed by atoms with van der Waals surface area (Å²) < 4.78 is 4.41. The van der Waals surface area contributed by atoms with Gasteiger partial charge in [0.2, 0.25) is 0 Å². The van der Waals surface area contributed by atoms with Gasteiger partial charge in [-0.2, -0.15) is 0 Å². The van der Waals surface area contributed by atoms with Crippen LogP contribution in [0.1, 0.15) is 19.8 Å². The molecule has 0 rings (SSSR count). The molecular weight excluding hydrogens is 116 g/mol. The Hall–Kier alpha value is -0.790. The van der Waals surface area contributed by atoms with Crippen molar-refractivity contribution in [3.8, 4) is 0 Å². The quantitative estimate of drug-likeness (QED) is 0.425. The van der Waals surface area contributed by atoms with E-state index in [4.69, 9.17) is 0 Å². The number of allylic oxidation sites excluding steroid dienone is 1.